The highest BCUT2D eigenvalue weighted by atomic mass is 16.6. The molecule has 250 valence electrons. The predicted octanol–water partition coefficient (Wildman–Crippen LogP) is 4.15. The maximum Gasteiger partial charge on any atom is 0.338 e. The third kappa shape index (κ3) is 6.40. The second-order valence-electron chi connectivity index (χ2n) is 13.6. The van der Waals surface area contributed by atoms with E-state index >= 15 is 0 Å². The largest absolute Gasteiger partial charge is 0.460 e. The van der Waals surface area contributed by atoms with Gasteiger partial charge in [-0.1, -0.05) is 6.08 Å². The van der Waals surface area contributed by atoms with Crippen LogP contribution in [0.2, 0.25) is 0 Å². The summed E-state index contributed by atoms with van der Waals surface area (Å²) in [4.78, 5) is 30.6. The summed E-state index contributed by atoms with van der Waals surface area (Å²) in [6, 6.07) is 13.2. The van der Waals surface area contributed by atoms with Gasteiger partial charge in [-0.05, 0) is 80.8 Å². The Hall–Kier alpha value is -4.73. The van der Waals surface area contributed by atoms with Gasteiger partial charge in [0.25, 0.3) is 0 Å². The first-order valence-electron chi connectivity index (χ1n) is 16.1. The minimum atomic E-state index is -0.529. The molecule has 2 N–H and O–H groups in total. The molecule has 3 heterocycles. The van der Waals surface area contributed by atoms with Crippen molar-refractivity contribution in [2.24, 2.45) is 0 Å². The molecule has 3 aromatic rings. The van der Waals surface area contributed by atoms with E-state index in [0.29, 0.717) is 28.2 Å². The van der Waals surface area contributed by atoms with Gasteiger partial charge in [0.1, 0.15) is 24.7 Å². The van der Waals surface area contributed by atoms with Crippen LogP contribution in [-0.2, 0) is 18.9 Å². The van der Waals surface area contributed by atoms with Gasteiger partial charge in [0.05, 0.1) is 35.9 Å². The van der Waals surface area contributed by atoms with E-state index < -0.39 is 11.9 Å². The van der Waals surface area contributed by atoms with Gasteiger partial charge in [0.2, 0.25) is 5.36 Å². The summed E-state index contributed by atoms with van der Waals surface area (Å²) in [5.41, 5.74) is 7.40. The first-order chi connectivity index (χ1) is 22.8. The van der Waals surface area contributed by atoms with E-state index in [0.717, 1.165) is 49.7 Å². The third-order valence-corrected chi connectivity index (χ3v) is 8.70. The lowest BCUT2D eigenvalue weighted by Crippen LogP contribution is -2.89. The number of carbonyl (C=O) groups is 2. The minimum Gasteiger partial charge on any atom is -0.460 e. The van der Waals surface area contributed by atoms with E-state index in [-0.39, 0.29) is 37.5 Å². The van der Waals surface area contributed by atoms with Crippen LogP contribution < -0.4 is 25.6 Å². The highest BCUT2D eigenvalue weighted by Crippen LogP contribution is 2.44. The van der Waals surface area contributed by atoms with E-state index in [1.54, 1.807) is 32.4 Å². The summed E-state index contributed by atoms with van der Waals surface area (Å²) >= 11 is 0. The number of carbonyl (C=O) groups excluding carboxylic acids is 2. The van der Waals surface area contributed by atoms with Gasteiger partial charge >= 0.3 is 11.9 Å². The molecule has 48 heavy (non-hydrogen) atoms. The predicted molar refractivity (Wildman–Crippen MR) is 184 cm³/mol. The summed E-state index contributed by atoms with van der Waals surface area (Å²) in [6.45, 7) is 13.4. The molecule has 0 aromatic heterocycles. The Morgan fingerprint density at radius 1 is 0.750 bits per heavy atom. The number of hydrogen-bond acceptors (Lipinski definition) is 8. The monoisotopic (exact) mass is 651 g/mol. The topological polar surface area (TPSA) is 106 Å². The molecule has 0 fully saturated rings. The van der Waals surface area contributed by atoms with Gasteiger partial charge in [0.15, 0.2) is 5.54 Å². The number of hydrogen-bond donors (Lipinski definition) is 2. The summed E-state index contributed by atoms with van der Waals surface area (Å²) in [5.74, 6) is 0.206. The minimum absolute atomic E-state index is 0.0824. The molecule has 0 spiro atoms. The maximum atomic E-state index is 13.7. The quantitative estimate of drug-likeness (QED) is 0.206. The molecule has 0 bridgehead atoms. The SMILES string of the molecule is COCCOC(=O)c1ccc(C(=O)OCCOC)c(C2=c3cc4c(cc3Oc3cc5c(cc32)C(C)=CC(C)(C)N5)=[NH+]C(C)(C)C=C4C)c1. The number of fused-ring (bicyclic) bond motifs is 4. The number of anilines is 1. The first kappa shape index (κ1) is 33.2. The number of benzene rings is 3. The molecule has 0 aliphatic carbocycles. The molecule has 3 aliphatic rings. The van der Waals surface area contributed by atoms with Gasteiger partial charge in [-0.3, -0.25) is 0 Å². The Morgan fingerprint density at radius 3 is 2.15 bits per heavy atom. The van der Waals surface area contributed by atoms with Crippen molar-refractivity contribution < 1.29 is 38.3 Å². The molecule has 0 saturated heterocycles. The zero-order chi connectivity index (χ0) is 34.4. The van der Waals surface area contributed by atoms with Crippen LogP contribution in [0.1, 0.15) is 84.5 Å². The molecule has 0 radical (unpaired) electrons. The molecule has 0 unspecified atom stereocenters. The van der Waals surface area contributed by atoms with Crippen LogP contribution >= 0.6 is 0 Å². The Balaban J connectivity index is 1.67. The van der Waals surface area contributed by atoms with Crippen molar-refractivity contribution in [3.63, 3.8) is 0 Å². The average Bonchev–Trinajstić information content (AvgIpc) is 3.01. The number of allylic oxidation sites excluding steroid dienone is 2. The highest BCUT2D eigenvalue weighted by molar-refractivity contribution is 6.02. The van der Waals surface area contributed by atoms with Gasteiger partial charge in [0, 0.05) is 67.3 Å². The smallest absolute Gasteiger partial charge is 0.338 e. The van der Waals surface area contributed by atoms with E-state index in [9.17, 15) is 9.59 Å². The van der Waals surface area contributed by atoms with E-state index in [4.69, 9.17) is 23.7 Å². The van der Waals surface area contributed by atoms with Crippen LogP contribution in [-0.4, -0.2) is 63.7 Å². The number of ether oxygens (including phenoxy) is 5. The molecule has 9 nitrogen and oxygen atoms in total. The second kappa shape index (κ2) is 12.7. The van der Waals surface area contributed by atoms with Crippen LogP contribution in [0.4, 0.5) is 5.69 Å². The van der Waals surface area contributed by atoms with Crippen LogP contribution in [0.25, 0.3) is 16.7 Å². The lowest BCUT2D eigenvalue weighted by molar-refractivity contribution is -0.568. The van der Waals surface area contributed by atoms with Crippen molar-refractivity contribution >= 4 is 34.3 Å². The fourth-order valence-electron chi connectivity index (χ4n) is 6.79. The van der Waals surface area contributed by atoms with E-state index in [1.165, 1.54) is 0 Å². The number of rotatable bonds is 9. The Labute approximate surface area is 280 Å². The molecule has 3 aromatic carbocycles. The van der Waals surface area contributed by atoms with Gasteiger partial charge < -0.3 is 29.0 Å². The summed E-state index contributed by atoms with van der Waals surface area (Å²) < 4.78 is 28.0. The second-order valence-corrected chi connectivity index (χ2v) is 13.6. The molecule has 6 rings (SSSR count). The lowest BCUT2D eigenvalue weighted by atomic mass is 9.84. The van der Waals surface area contributed by atoms with Gasteiger partial charge in [-0.25, -0.2) is 14.6 Å². The van der Waals surface area contributed by atoms with Crippen LogP contribution in [0, 0.1) is 0 Å². The maximum absolute atomic E-state index is 13.7. The van der Waals surface area contributed by atoms with Crippen LogP contribution in [0.5, 0.6) is 11.5 Å². The standard InChI is InChI=1S/C39H42N2O7/c1-22-20-38(3,4)40-31-18-33-29(16-26(22)31)35(30-17-27-23(2)21-39(5,6)41-32(27)19-34(30)48-33)28-15-24(36(42)46-13-11-44-7)9-10-25(28)37(43)47-14-12-45-8/h9-10,15-21,40H,11-14H2,1-8H3/p+1. The average molecular weight is 652 g/mol. The van der Waals surface area contributed by atoms with Crippen molar-refractivity contribution in [3.8, 4) is 11.5 Å². The Bertz CT molecular complexity index is 2020. The number of nitrogens with one attached hydrogen (secondary N) is 2. The normalized spacial score (nSPS) is 16.4. The zero-order valence-corrected chi connectivity index (χ0v) is 28.9. The molecule has 0 atom stereocenters. The van der Waals surface area contributed by atoms with Crippen molar-refractivity contribution in [1.29, 1.82) is 0 Å². The fourth-order valence-corrected chi connectivity index (χ4v) is 6.79. The Kier molecular flexibility index (Phi) is 8.78. The van der Waals surface area contributed by atoms with E-state index in [2.05, 4.69) is 76.1 Å². The van der Waals surface area contributed by atoms with Crippen molar-refractivity contribution in [2.45, 2.75) is 52.6 Å². The van der Waals surface area contributed by atoms with Crippen molar-refractivity contribution in [3.05, 3.63) is 98.6 Å². The molecule has 9 heteroatoms. The third-order valence-electron chi connectivity index (χ3n) is 8.70. The molecule has 3 aliphatic heterocycles. The van der Waals surface area contributed by atoms with Crippen LogP contribution in [0.15, 0.2) is 54.6 Å². The molecule has 0 amide bonds. The van der Waals surface area contributed by atoms with Crippen molar-refractivity contribution in [2.75, 3.05) is 46.0 Å². The summed E-state index contributed by atoms with van der Waals surface area (Å²) in [5, 5.41) is 5.37. The number of methoxy groups -OCH3 is 2. The van der Waals surface area contributed by atoms with Crippen LogP contribution in [0.3, 0.4) is 0 Å². The highest BCUT2D eigenvalue weighted by Gasteiger charge is 2.32. The van der Waals surface area contributed by atoms with Gasteiger partial charge in [-0.2, -0.15) is 0 Å². The molecular formula is C39H43N2O7+. The fraction of sp³-hybridized carbons (Fsp3) is 0.359. The lowest BCUT2D eigenvalue weighted by Gasteiger charge is -2.33. The van der Waals surface area contributed by atoms with Gasteiger partial charge in [-0.15, -0.1) is 0 Å². The summed E-state index contributed by atoms with van der Waals surface area (Å²) in [7, 11) is 3.10. The number of esters is 2. The zero-order valence-electron chi connectivity index (χ0n) is 28.9. The Morgan fingerprint density at radius 2 is 1.44 bits per heavy atom. The van der Waals surface area contributed by atoms with Crippen molar-refractivity contribution in [1.82, 2.24) is 0 Å². The summed E-state index contributed by atoms with van der Waals surface area (Å²) in [6.07, 6.45) is 4.40. The molecule has 0 saturated carbocycles. The first-order valence-corrected chi connectivity index (χ1v) is 16.1. The molecular weight excluding hydrogens is 608 g/mol. The van der Waals surface area contributed by atoms with E-state index in [1.807, 2.05) is 12.1 Å².